The van der Waals surface area contributed by atoms with Crippen molar-refractivity contribution in [2.75, 3.05) is 0 Å². The van der Waals surface area contributed by atoms with Gasteiger partial charge in [-0.15, -0.1) is 0 Å². The summed E-state index contributed by atoms with van der Waals surface area (Å²) in [6.45, 7) is 0. The Labute approximate surface area is 107 Å². The fourth-order valence-corrected chi connectivity index (χ4v) is 2.02. The van der Waals surface area contributed by atoms with Gasteiger partial charge in [-0.2, -0.15) is 0 Å². The number of benzene rings is 2. The molecule has 0 radical (unpaired) electrons. The Hall–Kier alpha value is -2.41. The lowest BCUT2D eigenvalue weighted by molar-refractivity contribution is 1.33. The van der Waals surface area contributed by atoms with Crippen LogP contribution in [0.15, 0.2) is 79.0 Å². The predicted molar refractivity (Wildman–Crippen MR) is 75.1 cm³/mol. The Kier molecular flexibility index (Phi) is 2.89. The topological polar surface area (TPSA) is 12.9 Å². The minimum atomic E-state index is 1.01. The Morgan fingerprint density at radius 2 is 1.28 bits per heavy atom. The van der Waals surface area contributed by atoms with Crippen molar-refractivity contribution >= 4 is 0 Å². The minimum absolute atomic E-state index is 1.01. The minimum Gasteiger partial charge on any atom is -0.256 e. The normalized spacial score (nSPS) is 10.2. The molecule has 0 saturated heterocycles. The second-order valence-electron chi connectivity index (χ2n) is 4.16. The van der Waals surface area contributed by atoms with Crippen LogP contribution in [-0.2, 0) is 0 Å². The molecule has 0 amide bonds. The van der Waals surface area contributed by atoms with E-state index < -0.39 is 0 Å². The Morgan fingerprint density at radius 1 is 0.556 bits per heavy atom. The number of hydrogen-bond donors (Lipinski definition) is 0. The summed E-state index contributed by atoms with van der Waals surface area (Å²) in [7, 11) is 0. The first-order valence-electron chi connectivity index (χ1n) is 6.00. The molecule has 0 bridgehead atoms. The number of hydrogen-bond acceptors (Lipinski definition) is 1. The van der Waals surface area contributed by atoms with Gasteiger partial charge in [0.25, 0.3) is 0 Å². The molecule has 0 N–H and O–H groups in total. The van der Waals surface area contributed by atoms with E-state index in [0.29, 0.717) is 0 Å². The van der Waals surface area contributed by atoms with Crippen molar-refractivity contribution in [2.45, 2.75) is 0 Å². The maximum absolute atomic E-state index is 4.38. The zero-order valence-electron chi connectivity index (χ0n) is 9.95. The standard InChI is InChI=1S/C17H13N/c1-2-7-14(8-3-1)15-9-6-10-16(13-15)17-11-4-5-12-18-17/h1-13H. The van der Waals surface area contributed by atoms with Crippen molar-refractivity contribution in [2.24, 2.45) is 0 Å². The van der Waals surface area contributed by atoms with E-state index in [2.05, 4.69) is 53.5 Å². The van der Waals surface area contributed by atoms with Crippen molar-refractivity contribution in [1.82, 2.24) is 4.98 Å². The fourth-order valence-electron chi connectivity index (χ4n) is 2.02. The summed E-state index contributed by atoms with van der Waals surface area (Å²) in [6.07, 6.45) is 1.82. The number of rotatable bonds is 2. The monoisotopic (exact) mass is 231 g/mol. The molecule has 0 fully saturated rings. The number of pyridine rings is 1. The van der Waals surface area contributed by atoms with Gasteiger partial charge in [0.2, 0.25) is 0 Å². The maximum atomic E-state index is 4.38. The lowest BCUT2D eigenvalue weighted by atomic mass is 10.0. The van der Waals surface area contributed by atoms with Gasteiger partial charge in [-0.3, -0.25) is 4.98 Å². The van der Waals surface area contributed by atoms with Crippen molar-refractivity contribution in [3.05, 3.63) is 79.0 Å². The fraction of sp³-hybridized carbons (Fsp3) is 0. The van der Waals surface area contributed by atoms with Crippen LogP contribution in [0.25, 0.3) is 22.4 Å². The van der Waals surface area contributed by atoms with E-state index in [0.717, 1.165) is 11.3 Å². The molecule has 0 unspecified atom stereocenters. The van der Waals surface area contributed by atoms with E-state index in [1.807, 2.05) is 30.5 Å². The molecule has 0 aliphatic rings. The largest absolute Gasteiger partial charge is 0.256 e. The lowest BCUT2D eigenvalue weighted by Gasteiger charge is -2.05. The zero-order valence-corrected chi connectivity index (χ0v) is 9.95. The highest BCUT2D eigenvalue weighted by atomic mass is 14.7. The molecule has 0 aliphatic carbocycles. The summed E-state index contributed by atoms with van der Waals surface area (Å²) in [6, 6.07) is 24.8. The maximum Gasteiger partial charge on any atom is 0.0702 e. The van der Waals surface area contributed by atoms with Crippen molar-refractivity contribution in [3.8, 4) is 22.4 Å². The van der Waals surface area contributed by atoms with Gasteiger partial charge in [0.1, 0.15) is 0 Å². The van der Waals surface area contributed by atoms with Gasteiger partial charge >= 0.3 is 0 Å². The van der Waals surface area contributed by atoms with E-state index in [4.69, 9.17) is 0 Å². The highest BCUT2D eigenvalue weighted by molar-refractivity contribution is 5.71. The molecular formula is C17H13N. The molecule has 0 aliphatic heterocycles. The molecule has 0 atom stereocenters. The van der Waals surface area contributed by atoms with Crippen molar-refractivity contribution in [1.29, 1.82) is 0 Å². The van der Waals surface area contributed by atoms with Crippen LogP contribution in [0.3, 0.4) is 0 Å². The van der Waals surface area contributed by atoms with E-state index in [1.54, 1.807) is 0 Å². The third-order valence-electron chi connectivity index (χ3n) is 2.93. The first-order valence-corrected chi connectivity index (χ1v) is 6.00. The van der Waals surface area contributed by atoms with Crippen LogP contribution in [0.1, 0.15) is 0 Å². The molecule has 18 heavy (non-hydrogen) atoms. The molecule has 1 aromatic heterocycles. The van der Waals surface area contributed by atoms with Crippen molar-refractivity contribution in [3.63, 3.8) is 0 Å². The molecule has 0 saturated carbocycles. The second kappa shape index (κ2) is 4.84. The van der Waals surface area contributed by atoms with Gasteiger partial charge < -0.3 is 0 Å². The Morgan fingerprint density at radius 3 is 2.06 bits per heavy atom. The summed E-state index contributed by atoms with van der Waals surface area (Å²) in [5.74, 6) is 0. The van der Waals surface area contributed by atoms with Crippen LogP contribution in [-0.4, -0.2) is 4.98 Å². The van der Waals surface area contributed by atoms with Gasteiger partial charge in [0.15, 0.2) is 0 Å². The molecule has 2 aromatic carbocycles. The molecule has 3 rings (SSSR count). The van der Waals surface area contributed by atoms with Crippen LogP contribution in [0.2, 0.25) is 0 Å². The van der Waals surface area contributed by atoms with Crippen molar-refractivity contribution < 1.29 is 0 Å². The zero-order chi connectivity index (χ0) is 12.2. The van der Waals surface area contributed by atoms with Crippen LogP contribution < -0.4 is 0 Å². The highest BCUT2D eigenvalue weighted by Crippen LogP contribution is 2.24. The molecule has 86 valence electrons. The Bertz CT molecular complexity index is 575. The van der Waals surface area contributed by atoms with Crippen LogP contribution in [0.5, 0.6) is 0 Å². The average Bonchev–Trinajstić information content (AvgIpc) is 2.49. The van der Waals surface area contributed by atoms with Crippen LogP contribution in [0, 0.1) is 0 Å². The predicted octanol–water partition coefficient (Wildman–Crippen LogP) is 4.42. The summed E-state index contributed by atoms with van der Waals surface area (Å²) < 4.78 is 0. The van der Waals surface area contributed by atoms with E-state index in [1.165, 1.54) is 11.1 Å². The average molecular weight is 231 g/mol. The highest BCUT2D eigenvalue weighted by Gasteiger charge is 2.01. The third kappa shape index (κ3) is 2.16. The van der Waals surface area contributed by atoms with Crippen LogP contribution >= 0.6 is 0 Å². The molecule has 3 aromatic rings. The summed E-state index contributed by atoms with van der Waals surface area (Å²) in [5.41, 5.74) is 4.61. The first-order chi connectivity index (χ1) is 8.93. The lowest BCUT2D eigenvalue weighted by Crippen LogP contribution is -1.83. The molecule has 1 heteroatoms. The molecule has 1 nitrogen and oxygen atoms in total. The molecular weight excluding hydrogens is 218 g/mol. The first kappa shape index (κ1) is 10.7. The van der Waals surface area contributed by atoms with E-state index in [9.17, 15) is 0 Å². The van der Waals surface area contributed by atoms with E-state index in [-0.39, 0.29) is 0 Å². The van der Waals surface area contributed by atoms with Gasteiger partial charge in [-0.25, -0.2) is 0 Å². The van der Waals surface area contributed by atoms with E-state index >= 15 is 0 Å². The molecule has 1 heterocycles. The van der Waals surface area contributed by atoms with Gasteiger partial charge in [-0.1, -0.05) is 54.6 Å². The Balaban J connectivity index is 2.05. The number of nitrogens with zero attached hydrogens (tertiary/aromatic N) is 1. The van der Waals surface area contributed by atoms with Crippen LogP contribution in [0.4, 0.5) is 0 Å². The van der Waals surface area contributed by atoms with Gasteiger partial charge in [0.05, 0.1) is 5.69 Å². The third-order valence-corrected chi connectivity index (χ3v) is 2.93. The second-order valence-corrected chi connectivity index (χ2v) is 4.16. The quantitative estimate of drug-likeness (QED) is 0.636. The number of aromatic nitrogens is 1. The summed E-state index contributed by atoms with van der Waals surface area (Å²) in [5, 5.41) is 0. The van der Waals surface area contributed by atoms with Gasteiger partial charge in [-0.05, 0) is 29.3 Å². The summed E-state index contributed by atoms with van der Waals surface area (Å²) >= 11 is 0. The van der Waals surface area contributed by atoms with Gasteiger partial charge in [0, 0.05) is 11.8 Å². The molecule has 0 spiro atoms. The SMILES string of the molecule is c1ccc(-c2cccc(-c3ccccn3)c2)cc1. The summed E-state index contributed by atoms with van der Waals surface area (Å²) in [4.78, 5) is 4.38. The smallest absolute Gasteiger partial charge is 0.0702 e.